The van der Waals surface area contributed by atoms with Gasteiger partial charge < -0.3 is 15.2 Å². The fourth-order valence-corrected chi connectivity index (χ4v) is 3.88. The number of hydrogen-bond acceptors (Lipinski definition) is 4. The molecule has 2 aliphatic carbocycles. The van der Waals surface area contributed by atoms with Gasteiger partial charge in [-0.3, -0.25) is 4.79 Å². The summed E-state index contributed by atoms with van der Waals surface area (Å²) in [7, 11) is 0. The number of ether oxygens (including phenoxy) is 1. The molecule has 2 unspecified atom stereocenters. The second-order valence-electron chi connectivity index (χ2n) is 6.65. The quantitative estimate of drug-likeness (QED) is 0.605. The Kier molecular flexibility index (Phi) is 6.97. The molecule has 2 rings (SSSR count). The van der Waals surface area contributed by atoms with E-state index in [-0.39, 0.29) is 11.9 Å². The molecule has 2 saturated carbocycles. The highest BCUT2D eigenvalue weighted by Crippen LogP contribution is 2.29. The van der Waals surface area contributed by atoms with E-state index in [1.165, 1.54) is 25.7 Å². The van der Waals surface area contributed by atoms with Crippen LogP contribution in [0.15, 0.2) is 0 Å². The molecule has 0 saturated heterocycles. The van der Waals surface area contributed by atoms with Gasteiger partial charge in [-0.1, -0.05) is 19.3 Å². The van der Waals surface area contributed by atoms with Gasteiger partial charge in [0.25, 0.3) is 0 Å². The summed E-state index contributed by atoms with van der Waals surface area (Å²) >= 11 is 0. The highest BCUT2D eigenvalue weighted by molar-refractivity contribution is 5.72. The first-order valence-electron chi connectivity index (χ1n) is 8.78. The number of rotatable bonds is 5. The van der Waals surface area contributed by atoms with Gasteiger partial charge in [-0.2, -0.15) is 0 Å². The van der Waals surface area contributed by atoms with Crippen LogP contribution in [-0.4, -0.2) is 36.4 Å². The van der Waals surface area contributed by atoms with E-state index in [2.05, 4.69) is 5.32 Å². The van der Waals surface area contributed by atoms with Crippen LogP contribution in [-0.2, 0) is 9.53 Å². The van der Waals surface area contributed by atoms with Crippen molar-refractivity contribution in [1.82, 2.24) is 5.32 Å². The van der Waals surface area contributed by atoms with Crippen LogP contribution in [0.4, 0.5) is 0 Å². The fraction of sp³-hybridized carbons (Fsp3) is 0.941. The van der Waals surface area contributed by atoms with E-state index < -0.39 is 0 Å². The Morgan fingerprint density at radius 1 is 1.10 bits per heavy atom. The van der Waals surface area contributed by atoms with Crippen molar-refractivity contribution in [3.63, 3.8) is 0 Å². The number of carbonyl (C=O) groups is 1. The molecule has 0 bridgehead atoms. The van der Waals surface area contributed by atoms with E-state index in [4.69, 9.17) is 4.74 Å². The van der Waals surface area contributed by atoms with Crippen LogP contribution in [0.1, 0.15) is 64.7 Å². The van der Waals surface area contributed by atoms with Gasteiger partial charge in [0.15, 0.2) is 0 Å². The molecule has 2 atom stereocenters. The van der Waals surface area contributed by atoms with E-state index in [1.807, 2.05) is 6.92 Å². The molecule has 4 heteroatoms. The predicted octanol–water partition coefficient (Wildman–Crippen LogP) is 2.64. The first-order chi connectivity index (χ1) is 10.2. The maximum atomic E-state index is 11.8. The fourth-order valence-electron chi connectivity index (χ4n) is 3.88. The molecule has 21 heavy (non-hydrogen) atoms. The SMILES string of the molecule is CCOC(=O)C1CCC(NC2CCCCCC2CO)CC1. The van der Waals surface area contributed by atoms with E-state index in [0.717, 1.165) is 32.1 Å². The molecular formula is C17H31NO3. The van der Waals surface area contributed by atoms with Crippen molar-refractivity contribution in [2.24, 2.45) is 11.8 Å². The van der Waals surface area contributed by atoms with Gasteiger partial charge in [0.05, 0.1) is 12.5 Å². The second-order valence-corrected chi connectivity index (χ2v) is 6.65. The summed E-state index contributed by atoms with van der Waals surface area (Å²) in [6.45, 7) is 2.65. The number of esters is 1. The van der Waals surface area contributed by atoms with E-state index in [0.29, 0.717) is 31.2 Å². The Morgan fingerprint density at radius 2 is 1.81 bits per heavy atom. The first-order valence-corrected chi connectivity index (χ1v) is 8.78. The smallest absolute Gasteiger partial charge is 0.308 e. The lowest BCUT2D eigenvalue weighted by molar-refractivity contribution is -0.149. The molecule has 0 aromatic heterocycles. The molecule has 0 aromatic rings. The normalized spacial score (nSPS) is 34.2. The summed E-state index contributed by atoms with van der Waals surface area (Å²) in [6.07, 6.45) is 10.1. The molecule has 0 amide bonds. The summed E-state index contributed by atoms with van der Waals surface area (Å²) in [5.41, 5.74) is 0. The maximum absolute atomic E-state index is 11.8. The van der Waals surface area contributed by atoms with Crippen LogP contribution in [0.25, 0.3) is 0 Å². The number of aliphatic hydroxyl groups excluding tert-OH is 1. The molecule has 0 radical (unpaired) electrons. The minimum Gasteiger partial charge on any atom is -0.466 e. The molecule has 4 nitrogen and oxygen atoms in total. The Hall–Kier alpha value is -0.610. The van der Waals surface area contributed by atoms with Crippen LogP contribution in [0, 0.1) is 11.8 Å². The highest BCUT2D eigenvalue weighted by atomic mass is 16.5. The summed E-state index contributed by atoms with van der Waals surface area (Å²) in [5, 5.41) is 13.4. The molecule has 122 valence electrons. The van der Waals surface area contributed by atoms with Gasteiger partial charge in [0.1, 0.15) is 0 Å². The molecule has 2 aliphatic rings. The van der Waals surface area contributed by atoms with Crippen molar-refractivity contribution in [2.45, 2.75) is 76.8 Å². The zero-order valence-corrected chi connectivity index (χ0v) is 13.4. The van der Waals surface area contributed by atoms with Gasteiger partial charge >= 0.3 is 5.97 Å². The van der Waals surface area contributed by atoms with Gasteiger partial charge in [0, 0.05) is 18.7 Å². The number of nitrogens with one attached hydrogen (secondary N) is 1. The Morgan fingerprint density at radius 3 is 2.48 bits per heavy atom. The van der Waals surface area contributed by atoms with Crippen molar-refractivity contribution in [3.8, 4) is 0 Å². The molecule has 0 aromatic carbocycles. The second kappa shape index (κ2) is 8.74. The summed E-state index contributed by atoms with van der Waals surface area (Å²) in [5.74, 6) is 0.500. The number of carbonyl (C=O) groups excluding carboxylic acids is 1. The van der Waals surface area contributed by atoms with E-state index in [1.54, 1.807) is 0 Å². The van der Waals surface area contributed by atoms with Crippen LogP contribution >= 0.6 is 0 Å². The summed E-state index contributed by atoms with van der Waals surface area (Å²) in [4.78, 5) is 11.8. The Bertz CT molecular complexity index is 313. The third-order valence-corrected chi connectivity index (χ3v) is 5.19. The Balaban J connectivity index is 1.78. The van der Waals surface area contributed by atoms with Crippen molar-refractivity contribution in [3.05, 3.63) is 0 Å². The number of hydrogen-bond donors (Lipinski definition) is 2. The first kappa shape index (κ1) is 16.8. The monoisotopic (exact) mass is 297 g/mol. The lowest BCUT2D eigenvalue weighted by Gasteiger charge is -2.33. The van der Waals surface area contributed by atoms with E-state index in [9.17, 15) is 9.90 Å². The van der Waals surface area contributed by atoms with Gasteiger partial charge in [0.2, 0.25) is 0 Å². The molecular weight excluding hydrogens is 266 g/mol. The molecule has 0 heterocycles. The average Bonchev–Trinajstić information content (AvgIpc) is 2.73. The molecule has 0 spiro atoms. The Labute approximate surface area is 128 Å². The molecule has 2 fully saturated rings. The lowest BCUT2D eigenvalue weighted by atomic mass is 9.84. The zero-order chi connectivity index (χ0) is 15.1. The lowest BCUT2D eigenvalue weighted by Crippen LogP contribution is -2.45. The third-order valence-electron chi connectivity index (χ3n) is 5.19. The van der Waals surface area contributed by atoms with Gasteiger partial charge in [-0.05, 0) is 51.4 Å². The van der Waals surface area contributed by atoms with Crippen LogP contribution in [0.2, 0.25) is 0 Å². The van der Waals surface area contributed by atoms with Crippen LogP contribution in [0.3, 0.4) is 0 Å². The zero-order valence-electron chi connectivity index (χ0n) is 13.4. The highest BCUT2D eigenvalue weighted by Gasteiger charge is 2.30. The standard InChI is InChI=1S/C17H31NO3/c1-2-21-17(20)13-8-10-15(11-9-13)18-16-7-5-3-4-6-14(16)12-19/h13-16,18-19H,2-12H2,1H3. The van der Waals surface area contributed by atoms with Crippen molar-refractivity contribution in [1.29, 1.82) is 0 Å². The minimum atomic E-state index is -0.0151. The van der Waals surface area contributed by atoms with Crippen molar-refractivity contribution in [2.75, 3.05) is 13.2 Å². The van der Waals surface area contributed by atoms with Gasteiger partial charge in [-0.15, -0.1) is 0 Å². The maximum Gasteiger partial charge on any atom is 0.308 e. The average molecular weight is 297 g/mol. The third kappa shape index (κ3) is 4.96. The van der Waals surface area contributed by atoms with Crippen LogP contribution < -0.4 is 5.32 Å². The minimum absolute atomic E-state index is 0.0151. The van der Waals surface area contributed by atoms with Crippen molar-refractivity contribution < 1.29 is 14.6 Å². The molecule has 0 aliphatic heterocycles. The van der Waals surface area contributed by atoms with Gasteiger partial charge in [-0.25, -0.2) is 0 Å². The predicted molar refractivity (Wildman–Crippen MR) is 83.0 cm³/mol. The summed E-state index contributed by atoms with van der Waals surface area (Å²) in [6, 6.07) is 0.967. The van der Waals surface area contributed by atoms with Crippen LogP contribution in [0.5, 0.6) is 0 Å². The van der Waals surface area contributed by atoms with Crippen molar-refractivity contribution >= 4 is 5.97 Å². The summed E-state index contributed by atoms with van der Waals surface area (Å²) < 4.78 is 5.13. The largest absolute Gasteiger partial charge is 0.466 e. The molecule has 2 N–H and O–H groups in total. The van der Waals surface area contributed by atoms with E-state index >= 15 is 0 Å². The topological polar surface area (TPSA) is 58.6 Å². The number of aliphatic hydroxyl groups is 1.